The predicted molar refractivity (Wildman–Crippen MR) is 102 cm³/mol. The molecule has 2 atom stereocenters. The van der Waals surface area contributed by atoms with Gasteiger partial charge in [-0.05, 0) is 51.0 Å². The molecule has 1 fully saturated rings. The summed E-state index contributed by atoms with van der Waals surface area (Å²) in [6.45, 7) is 4.41. The molecule has 1 aliphatic rings. The quantitative estimate of drug-likeness (QED) is 0.692. The van der Waals surface area contributed by atoms with Crippen LogP contribution in [0.25, 0.3) is 0 Å². The maximum Gasteiger partial charge on any atom is 0.243 e. The van der Waals surface area contributed by atoms with E-state index in [-0.39, 0.29) is 23.3 Å². The summed E-state index contributed by atoms with van der Waals surface area (Å²) in [5.41, 5.74) is 0. The number of rotatable bonds is 6. The van der Waals surface area contributed by atoms with Gasteiger partial charge in [-0.1, -0.05) is 15.9 Å². The SMILES string of the molecule is CCNC(=O)C(C)NC(=O)C1CCCN(S(=O)(=O)c2ccc(Br)cc2)C1. The largest absolute Gasteiger partial charge is 0.355 e. The Kier molecular flexibility index (Phi) is 7.19. The highest BCUT2D eigenvalue weighted by Gasteiger charge is 2.34. The number of hydrogen-bond acceptors (Lipinski definition) is 4. The number of amides is 2. The molecule has 2 rings (SSSR count). The first-order valence-corrected chi connectivity index (χ1v) is 10.8. The lowest BCUT2D eigenvalue weighted by atomic mass is 9.98. The summed E-state index contributed by atoms with van der Waals surface area (Å²) in [6, 6.07) is 5.78. The van der Waals surface area contributed by atoms with Crippen LogP contribution in [0.5, 0.6) is 0 Å². The molecule has 9 heteroatoms. The standard InChI is InChI=1S/C17H24BrN3O4S/c1-3-19-16(22)12(2)20-17(23)13-5-4-10-21(11-13)26(24,25)15-8-6-14(18)7-9-15/h6-9,12-13H,3-5,10-11H2,1-2H3,(H,19,22)(H,20,23). The zero-order valence-electron chi connectivity index (χ0n) is 14.9. The molecule has 2 N–H and O–H groups in total. The van der Waals surface area contributed by atoms with Gasteiger partial charge in [-0.25, -0.2) is 8.42 Å². The van der Waals surface area contributed by atoms with E-state index in [1.54, 1.807) is 38.1 Å². The highest BCUT2D eigenvalue weighted by atomic mass is 79.9. The Morgan fingerprint density at radius 1 is 1.31 bits per heavy atom. The highest BCUT2D eigenvalue weighted by Crippen LogP contribution is 2.25. The normalized spacial score (nSPS) is 19.6. The Morgan fingerprint density at radius 3 is 2.58 bits per heavy atom. The summed E-state index contributed by atoms with van der Waals surface area (Å²) >= 11 is 3.29. The number of carbonyl (C=O) groups is 2. The fourth-order valence-corrected chi connectivity index (χ4v) is 4.64. The first kappa shape index (κ1) is 20.9. The van der Waals surface area contributed by atoms with E-state index in [1.165, 1.54) is 4.31 Å². The third kappa shape index (κ3) is 5.05. The molecule has 0 bridgehead atoms. The summed E-state index contributed by atoms with van der Waals surface area (Å²) in [7, 11) is -3.65. The van der Waals surface area contributed by atoms with Gasteiger partial charge in [-0.2, -0.15) is 4.31 Å². The van der Waals surface area contributed by atoms with Crippen molar-refractivity contribution < 1.29 is 18.0 Å². The summed E-state index contributed by atoms with van der Waals surface area (Å²) in [6.07, 6.45) is 1.20. The molecule has 7 nitrogen and oxygen atoms in total. The minimum atomic E-state index is -3.65. The van der Waals surface area contributed by atoms with Gasteiger partial charge in [-0.3, -0.25) is 9.59 Å². The van der Waals surface area contributed by atoms with Crippen LogP contribution in [0.4, 0.5) is 0 Å². The van der Waals surface area contributed by atoms with Crippen LogP contribution >= 0.6 is 15.9 Å². The summed E-state index contributed by atoms with van der Waals surface area (Å²) in [5, 5.41) is 5.32. The van der Waals surface area contributed by atoms with Gasteiger partial charge in [0.2, 0.25) is 21.8 Å². The molecule has 26 heavy (non-hydrogen) atoms. The van der Waals surface area contributed by atoms with E-state index in [0.717, 1.165) is 4.47 Å². The third-order valence-electron chi connectivity index (χ3n) is 4.31. The summed E-state index contributed by atoms with van der Waals surface area (Å²) < 4.78 is 27.7. The lowest BCUT2D eigenvalue weighted by molar-refractivity contribution is -0.131. The number of benzene rings is 1. The molecule has 0 aliphatic carbocycles. The Labute approximate surface area is 162 Å². The van der Waals surface area contributed by atoms with Crippen LogP contribution in [0, 0.1) is 5.92 Å². The molecule has 2 unspecified atom stereocenters. The van der Waals surface area contributed by atoms with Crippen molar-refractivity contribution in [1.29, 1.82) is 0 Å². The number of sulfonamides is 1. The van der Waals surface area contributed by atoms with Crippen molar-refractivity contribution in [2.45, 2.75) is 37.6 Å². The van der Waals surface area contributed by atoms with Crippen molar-refractivity contribution in [3.05, 3.63) is 28.7 Å². The topological polar surface area (TPSA) is 95.6 Å². The minimum absolute atomic E-state index is 0.117. The molecular formula is C17H24BrN3O4S. The number of hydrogen-bond donors (Lipinski definition) is 2. The van der Waals surface area contributed by atoms with Crippen LogP contribution in [0.1, 0.15) is 26.7 Å². The van der Waals surface area contributed by atoms with Crippen molar-refractivity contribution in [2.75, 3.05) is 19.6 Å². The molecule has 0 radical (unpaired) electrons. The molecule has 1 heterocycles. The summed E-state index contributed by atoms with van der Waals surface area (Å²) in [5.74, 6) is -1.01. The van der Waals surface area contributed by atoms with Crippen molar-refractivity contribution in [2.24, 2.45) is 5.92 Å². The molecule has 1 aliphatic heterocycles. The number of likely N-dealkylation sites (N-methyl/N-ethyl adjacent to an activating group) is 1. The van der Waals surface area contributed by atoms with E-state index < -0.39 is 22.0 Å². The average molecular weight is 446 g/mol. The Hall–Kier alpha value is -1.45. The number of nitrogens with zero attached hydrogens (tertiary/aromatic N) is 1. The lowest BCUT2D eigenvalue weighted by Gasteiger charge is -2.31. The van der Waals surface area contributed by atoms with Gasteiger partial charge in [0.05, 0.1) is 10.8 Å². The van der Waals surface area contributed by atoms with Crippen LogP contribution in [0.15, 0.2) is 33.6 Å². The van der Waals surface area contributed by atoms with E-state index in [9.17, 15) is 18.0 Å². The first-order valence-electron chi connectivity index (χ1n) is 8.59. The van der Waals surface area contributed by atoms with Gasteiger partial charge in [0.25, 0.3) is 0 Å². The molecule has 1 saturated heterocycles. The van der Waals surface area contributed by atoms with Gasteiger partial charge >= 0.3 is 0 Å². The minimum Gasteiger partial charge on any atom is -0.355 e. The van der Waals surface area contributed by atoms with Crippen LogP contribution in [0.3, 0.4) is 0 Å². The van der Waals surface area contributed by atoms with E-state index in [4.69, 9.17) is 0 Å². The monoisotopic (exact) mass is 445 g/mol. The molecule has 0 aromatic heterocycles. The second-order valence-corrected chi connectivity index (χ2v) is 9.13. The molecule has 144 valence electrons. The maximum atomic E-state index is 12.8. The van der Waals surface area contributed by atoms with Crippen LogP contribution in [-0.2, 0) is 19.6 Å². The van der Waals surface area contributed by atoms with E-state index >= 15 is 0 Å². The number of piperidine rings is 1. The summed E-state index contributed by atoms with van der Waals surface area (Å²) in [4.78, 5) is 24.4. The molecule has 1 aromatic rings. The van der Waals surface area contributed by atoms with Crippen LogP contribution < -0.4 is 10.6 Å². The number of halogens is 1. The predicted octanol–water partition coefficient (Wildman–Crippen LogP) is 1.49. The van der Waals surface area contributed by atoms with Crippen molar-refractivity contribution >= 4 is 37.8 Å². The van der Waals surface area contributed by atoms with Gasteiger partial charge in [0, 0.05) is 24.1 Å². The molecule has 0 spiro atoms. The Balaban J connectivity index is 2.05. The second-order valence-electron chi connectivity index (χ2n) is 6.28. The van der Waals surface area contributed by atoms with Gasteiger partial charge in [0.15, 0.2) is 0 Å². The molecule has 2 amide bonds. The fraction of sp³-hybridized carbons (Fsp3) is 0.529. The molecule has 1 aromatic carbocycles. The zero-order valence-corrected chi connectivity index (χ0v) is 17.3. The Bertz CT molecular complexity index is 752. The number of nitrogens with one attached hydrogen (secondary N) is 2. The van der Waals surface area contributed by atoms with Crippen molar-refractivity contribution in [3.63, 3.8) is 0 Å². The zero-order chi connectivity index (χ0) is 19.3. The lowest BCUT2D eigenvalue weighted by Crippen LogP contribution is -2.50. The van der Waals surface area contributed by atoms with E-state index in [2.05, 4.69) is 26.6 Å². The highest BCUT2D eigenvalue weighted by molar-refractivity contribution is 9.10. The van der Waals surface area contributed by atoms with Crippen LogP contribution in [-0.4, -0.2) is 50.2 Å². The second kappa shape index (κ2) is 8.96. The maximum absolute atomic E-state index is 12.8. The van der Waals surface area contributed by atoms with Crippen molar-refractivity contribution in [1.82, 2.24) is 14.9 Å². The van der Waals surface area contributed by atoms with Crippen molar-refractivity contribution in [3.8, 4) is 0 Å². The van der Waals surface area contributed by atoms with E-state index in [1.807, 2.05) is 0 Å². The van der Waals surface area contributed by atoms with Crippen LogP contribution in [0.2, 0.25) is 0 Å². The van der Waals surface area contributed by atoms with E-state index in [0.29, 0.717) is 25.9 Å². The van der Waals surface area contributed by atoms with Gasteiger partial charge < -0.3 is 10.6 Å². The first-order chi connectivity index (χ1) is 12.3. The number of carbonyl (C=O) groups excluding carboxylic acids is 2. The smallest absolute Gasteiger partial charge is 0.243 e. The molecular weight excluding hydrogens is 422 g/mol. The third-order valence-corrected chi connectivity index (χ3v) is 6.72. The Morgan fingerprint density at radius 2 is 1.96 bits per heavy atom. The van der Waals surface area contributed by atoms with Gasteiger partial charge in [0.1, 0.15) is 6.04 Å². The molecule has 0 saturated carbocycles. The fourth-order valence-electron chi connectivity index (χ4n) is 2.85. The van der Waals surface area contributed by atoms with Gasteiger partial charge in [-0.15, -0.1) is 0 Å². The average Bonchev–Trinajstić information content (AvgIpc) is 2.62.